The van der Waals surface area contributed by atoms with E-state index in [1.54, 1.807) is 18.5 Å². The van der Waals surface area contributed by atoms with Gasteiger partial charge in [-0.1, -0.05) is 6.92 Å². The Balaban J connectivity index is 3.11. The summed E-state index contributed by atoms with van der Waals surface area (Å²) in [5, 5.41) is 4.18. The molecule has 0 spiro atoms. The van der Waals surface area contributed by atoms with Crippen molar-refractivity contribution in [2.75, 3.05) is 23.7 Å². The van der Waals surface area contributed by atoms with Crippen molar-refractivity contribution in [3.05, 3.63) is 5.69 Å². The van der Waals surface area contributed by atoms with E-state index in [1.807, 2.05) is 6.92 Å². The highest BCUT2D eigenvalue weighted by molar-refractivity contribution is 5.66. The Bertz CT molecular complexity index is 398. The smallest absolute Gasteiger partial charge is 0.394 e. The minimum Gasteiger partial charge on any atom is -0.394 e. The van der Waals surface area contributed by atoms with E-state index in [0.29, 0.717) is 23.7 Å². The van der Waals surface area contributed by atoms with Gasteiger partial charge in [-0.05, 0) is 20.3 Å². The molecule has 1 heterocycles. The van der Waals surface area contributed by atoms with Crippen LogP contribution in [-0.4, -0.2) is 29.0 Å². The van der Waals surface area contributed by atoms with Crippen molar-refractivity contribution < 1.29 is 13.2 Å². The normalized spacial score (nSPS) is 11.9. The molecular formula is C11H19F3N4. The van der Waals surface area contributed by atoms with Gasteiger partial charge in [0.05, 0.1) is 11.4 Å². The van der Waals surface area contributed by atoms with Gasteiger partial charge in [-0.25, -0.2) is 4.68 Å². The molecule has 2 N–H and O–H groups in total. The van der Waals surface area contributed by atoms with E-state index in [1.165, 1.54) is 4.90 Å². The number of rotatable bonds is 5. The molecule has 0 aliphatic carbocycles. The van der Waals surface area contributed by atoms with Crippen LogP contribution < -0.4 is 10.6 Å². The van der Waals surface area contributed by atoms with Crippen LogP contribution in [0.2, 0.25) is 0 Å². The Morgan fingerprint density at radius 2 is 1.94 bits per heavy atom. The molecule has 1 rings (SSSR count). The minimum atomic E-state index is -4.25. The third-order valence-corrected chi connectivity index (χ3v) is 2.63. The van der Waals surface area contributed by atoms with Crippen LogP contribution in [0.15, 0.2) is 0 Å². The van der Waals surface area contributed by atoms with Crippen molar-refractivity contribution in [2.45, 2.75) is 39.9 Å². The number of anilines is 2. The summed E-state index contributed by atoms with van der Waals surface area (Å²) < 4.78 is 39.1. The Kier molecular flexibility index (Phi) is 4.48. The summed E-state index contributed by atoms with van der Waals surface area (Å²) in [6.07, 6.45) is -3.46. The monoisotopic (exact) mass is 264 g/mol. The Hall–Kier alpha value is -1.40. The lowest BCUT2D eigenvalue weighted by molar-refractivity contribution is -0.119. The van der Waals surface area contributed by atoms with Gasteiger partial charge in [0.25, 0.3) is 0 Å². The molecule has 7 heteroatoms. The van der Waals surface area contributed by atoms with Gasteiger partial charge in [-0.3, -0.25) is 0 Å². The highest BCUT2D eigenvalue weighted by atomic mass is 19.4. The first-order valence-electron chi connectivity index (χ1n) is 5.94. The standard InChI is InChI=1S/C11H19F3N4/c1-4-6-18-10(9(15)8(3)16-18)17(5-2)7-11(12,13)14/h4-7,15H2,1-3H3. The molecule has 0 aromatic carbocycles. The number of aromatic nitrogens is 2. The van der Waals surface area contributed by atoms with Crippen LogP contribution in [0.25, 0.3) is 0 Å². The van der Waals surface area contributed by atoms with E-state index in [-0.39, 0.29) is 6.54 Å². The molecule has 0 unspecified atom stereocenters. The van der Waals surface area contributed by atoms with Gasteiger partial charge in [0.15, 0.2) is 5.82 Å². The molecule has 0 saturated carbocycles. The molecule has 1 aromatic heterocycles. The van der Waals surface area contributed by atoms with Crippen LogP contribution in [0, 0.1) is 6.92 Å². The molecule has 0 amide bonds. The number of hydrogen-bond donors (Lipinski definition) is 1. The first kappa shape index (κ1) is 14.7. The summed E-state index contributed by atoms with van der Waals surface area (Å²) >= 11 is 0. The SMILES string of the molecule is CCCn1nc(C)c(N)c1N(CC)CC(F)(F)F. The largest absolute Gasteiger partial charge is 0.405 e. The molecule has 104 valence electrons. The molecule has 0 radical (unpaired) electrons. The average molecular weight is 264 g/mol. The number of aryl methyl sites for hydroxylation is 2. The van der Waals surface area contributed by atoms with Gasteiger partial charge in [-0.2, -0.15) is 18.3 Å². The van der Waals surface area contributed by atoms with Crippen LogP contribution in [0.1, 0.15) is 26.0 Å². The Morgan fingerprint density at radius 3 is 2.39 bits per heavy atom. The number of nitrogens with zero attached hydrogens (tertiary/aromatic N) is 3. The number of hydrogen-bond acceptors (Lipinski definition) is 3. The lowest BCUT2D eigenvalue weighted by Gasteiger charge is -2.25. The zero-order valence-electron chi connectivity index (χ0n) is 10.9. The predicted octanol–water partition coefficient (Wildman–Crippen LogP) is 2.57. The molecule has 0 fully saturated rings. The van der Waals surface area contributed by atoms with E-state index in [0.717, 1.165) is 6.42 Å². The lowest BCUT2D eigenvalue weighted by Crippen LogP contribution is -2.36. The summed E-state index contributed by atoms with van der Waals surface area (Å²) in [5.74, 6) is 0.370. The minimum absolute atomic E-state index is 0.235. The van der Waals surface area contributed by atoms with Crippen molar-refractivity contribution in [2.24, 2.45) is 0 Å². The zero-order chi connectivity index (χ0) is 13.9. The molecule has 0 aliphatic rings. The number of nitrogen functional groups attached to an aromatic ring is 1. The van der Waals surface area contributed by atoms with Crippen LogP contribution in [0.4, 0.5) is 24.7 Å². The fourth-order valence-corrected chi connectivity index (χ4v) is 1.84. The molecule has 0 atom stereocenters. The number of halogens is 3. The summed E-state index contributed by atoms with van der Waals surface area (Å²) in [6.45, 7) is 5.09. The maximum atomic E-state index is 12.5. The molecule has 0 bridgehead atoms. The lowest BCUT2D eigenvalue weighted by atomic mass is 10.3. The molecule has 18 heavy (non-hydrogen) atoms. The maximum Gasteiger partial charge on any atom is 0.405 e. The van der Waals surface area contributed by atoms with E-state index >= 15 is 0 Å². The fraction of sp³-hybridized carbons (Fsp3) is 0.727. The van der Waals surface area contributed by atoms with Gasteiger partial charge in [0, 0.05) is 13.1 Å². The van der Waals surface area contributed by atoms with Crippen molar-refractivity contribution in [1.82, 2.24) is 9.78 Å². The van der Waals surface area contributed by atoms with Gasteiger partial charge >= 0.3 is 6.18 Å². The first-order valence-corrected chi connectivity index (χ1v) is 5.94. The Labute approximate surface area is 105 Å². The van der Waals surface area contributed by atoms with Crippen LogP contribution in [-0.2, 0) is 6.54 Å². The van der Waals surface area contributed by atoms with Gasteiger partial charge in [-0.15, -0.1) is 0 Å². The second-order valence-corrected chi connectivity index (χ2v) is 4.18. The van der Waals surface area contributed by atoms with Crippen molar-refractivity contribution in [3.63, 3.8) is 0 Å². The second-order valence-electron chi connectivity index (χ2n) is 4.18. The maximum absolute atomic E-state index is 12.5. The summed E-state index contributed by atoms with van der Waals surface area (Å²) in [4.78, 5) is 1.21. The number of alkyl halides is 3. The molecular weight excluding hydrogens is 245 g/mol. The molecule has 1 aromatic rings. The third-order valence-electron chi connectivity index (χ3n) is 2.63. The van der Waals surface area contributed by atoms with Gasteiger partial charge < -0.3 is 10.6 Å². The second kappa shape index (κ2) is 5.49. The molecule has 0 aliphatic heterocycles. The van der Waals surface area contributed by atoms with Crippen LogP contribution in [0.5, 0.6) is 0 Å². The van der Waals surface area contributed by atoms with Crippen LogP contribution >= 0.6 is 0 Å². The summed E-state index contributed by atoms with van der Waals surface area (Å²) in [7, 11) is 0. The molecule has 4 nitrogen and oxygen atoms in total. The van der Waals surface area contributed by atoms with Crippen LogP contribution in [0.3, 0.4) is 0 Å². The van der Waals surface area contributed by atoms with Gasteiger partial charge in [0.2, 0.25) is 0 Å². The van der Waals surface area contributed by atoms with E-state index in [9.17, 15) is 13.2 Å². The van der Waals surface area contributed by atoms with E-state index < -0.39 is 12.7 Å². The average Bonchev–Trinajstić information content (AvgIpc) is 2.51. The van der Waals surface area contributed by atoms with Gasteiger partial charge in [0.1, 0.15) is 6.54 Å². The first-order chi connectivity index (χ1) is 8.30. The molecule has 0 saturated heterocycles. The van der Waals surface area contributed by atoms with Crippen molar-refractivity contribution >= 4 is 11.5 Å². The summed E-state index contributed by atoms with van der Waals surface area (Å²) in [6, 6.07) is 0. The summed E-state index contributed by atoms with van der Waals surface area (Å²) in [5.41, 5.74) is 6.73. The third kappa shape index (κ3) is 3.30. The fourth-order valence-electron chi connectivity index (χ4n) is 1.84. The zero-order valence-corrected chi connectivity index (χ0v) is 10.9. The quantitative estimate of drug-likeness (QED) is 0.889. The van der Waals surface area contributed by atoms with E-state index in [4.69, 9.17) is 5.73 Å². The highest BCUT2D eigenvalue weighted by Crippen LogP contribution is 2.29. The predicted molar refractivity (Wildman–Crippen MR) is 65.6 cm³/mol. The highest BCUT2D eigenvalue weighted by Gasteiger charge is 2.32. The number of nitrogens with two attached hydrogens (primary N) is 1. The Morgan fingerprint density at radius 1 is 1.33 bits per heavy atom. The van der Waals surface area contributed by atoms with E-state index in [2.05, 4.69) is 5.10 Å². The van der Waals surface area contributed by atoms with Crippen molar-refractivity contribution in [3.8, 4) is 0 Å². The van der Waals surface area contributed by atoms with Crippen molar-refractivity contribution in [1.29, 1.82) is 0 Å². The topological polar surface area (TPSA) is 47.1 Å².